The van der Waals surface area contributed by atoms with Gasteiger partial charge < -0.3 is 20.2 Å². The standard InChI is InChI=1S/C23H33N3O3/c1-16-5-2-3-6-17(16)12-22(28)24-13-21-19-11-18(14-25(15-19)9-10-27)20-7-4-8-23(29)26(20)21/h2-3,5-6,18-21,27H,4,7-15H2,1H3,(H,24,28)/t18-,19+,20+,21+/m1/s1. The fourth-order valence-electron chi connectivity index (χ4n) is 5.72. The Labute approximate surface area is 173 Å². The molecule has 1 aromatic carbocycles. The van der Waals surface area contributed by atoms with Crippen LogP contribution in [0.4, 0.5) is 0 Å². The quantitative estimate of drug-likeness (QED) is 0.757. The maximum absolute atomic E-state index is 12.8. The third kappa shape index (κ3) is 4.33. The summed E-state index contributed by atoms with van der Waals surface area (Å²) in [6.45, 7) is 5.28. The van der Waals surface area contributed by atoms with E-state index in [4.69, 9.17) is 0 Å². The van der Waals surface area contributed by atoms with Crippen molar-refractivity contribution in [1.82, 2.24) is 15.1 Å². The van der Waals surface area contributed by atoms with Gasteiger partial charge in [-0.25, -0.2) is 0 Å². The van der Waals surface area contributed by atoms with E-state index in [1.165, 1.54) is 0 Å². The molecule has 1 aromatic rings. The maximum atomic E-state index is 12.8. The molecule has 3 saturated heterocycles. The van der Waals surface area contributed by atoms with E-state index in [1.807, 2.05) is 31.2 Å². The number of piperidine rings is 3. The van der Waals surface area contributed by atoms with Gasteiger partial charge in [0, 0.05) is 38.6 Å². The third-order valence-electron chi connectivity index (χ3n) is 7.11. The molecular formula is C23H33N3O3. The van der Waals surface area contributed by atoms with Crippen LogP contribution >= 0.6 is 0 Å². The second-order valence-corrected chi connectivity index (χ2v) is 8.97. The van der Waals surface area contributed by atoms with Crippen LogP contribution in [0.25, 0.3) is 0 Å². The van der Waals surface area contributed by atoms with E-state index >= 15 is 0 Å². The third-order valence-corrected chi connectivity index (χ3v) is 7.11. The van der Waals surface area contributed by atoms with Crippen molar-refractivity contribution in [3.63, 3.8) is 0 Å². The number of carbonyl (C=O) groups is 2. The SMILES string of the molecule is Cc1ccccc1CC(=O)NC[C@H]1[C@H]2C[C@H](CN(CCO)C2)[C@@H]2CCCC(=O)N21. The van der Waals surface area contributed by atoms with Gasteiger partial charge in [0.2, 0.25) is 11.8 Å². The summed E-state index contributed by atoms with van der Waals surface area (Å²) in [6.07, 6.45) is 4.15. The van der Waals surface area contributed by atoms with E-state index in [0.29, 0.717) is 37.8 Å². The molecule has 0 unspecified atom stereocenters. The molecule has 3 fully saturated rings. The molecule has 3 heterocycles. The summed E-state index contributed by atoms with van der Waals surface area (Å²) in [4.78, 5) is 29.9. The van der Waals surface area contributed by atoms with E-state index in [2.05, 4.69) is 15.1 Å². The molecule has 6 nitrogen and oxygen atoms in total. The summed E-state index contributed by atoms with van der Waals surface area (Å²) in [7, 11) is 0. The van der Waals surface area contributed by atoms with E-state index in [0.717, 1.165) is 43.5 Å². The van der Waals surface area contributed by atoms with Crippen molar-refractivity contribution in [3.05, 3.63) is 35.4 Å². The first-order chi connectivity index (χ1) is 14.1. The van der Waals surface area contributed by atoms with Gasteiger partial charge in [0.25, 0.3) is 0 Å². The molecule has 2 bridgehead atoms. The zero-order chi connectivity index (χ0) is 20.4. The Morgan fingerprint density at radius 2 is 2.03 bits per heavy atom. The second-order valence-electron chi connectivity index (χ2n) is 8.97. The van der Waals surface area contributed by atoms with Crippen LogP contribution in [0, 0.1) is 18.8 Å². The number of fused-ring (bicyclic) bond motifs is 4. The van der Waals surface area contributed by atoms with Crippen LogP contribution in [0.3, 0.4) is 0 Å². The molecular weight excluding hydrogens is 366 g/mol. The lowest BCUT2D eigenvalue weighted by Gasteiger charge is -2.56. The molecule has 2 amide bonds. The molecule has 0 saturated carbocycles. The van der Waals surface area contributed by atoms with Gasteiger partial charge in [-0.1, -0.05) is 24.3 Å². The molecule has 4 atom stereocenters. The Morgan fingerprint density at radius 1 is 1.24 bits per heavy atom. The summed E-state index contributed by atoms with van der Waals surface area (Å²) in [5.41, 5.74) is 2.17. The van der Waals surface area contributed by atoms with Crippen LogP contribution in [-0.4, -0.2) is 71.6 Å². The monoisotopic (exact) mass is 399 g/mol. The Kier molecular flexibility index (Phi) is 6.20. The first-order valence-electron chi connectivity index (χ1n) is 11.0. The maximum Gasteiger partial charge on any atom is 0.224 e. The molecule has 0 radical (unpaired) electrons. The predicted octanol–water partition coefficient (Wildman–Crippen LogP) is 1.35. The van der Waals surface area contributed by atoms with E-state index in [9.17, 15) is 14.7 Å². The predicted molar refractivity (Wildman–Crippen MR) is 111 cm³/mol. The van der Waals surface area contributed by atoms with Gasteiger partial charge in [0.05, 0.1) is 19.1 Å². The van der Waals surface area contributed by atoms with Gasteiger partial charge in [-0.2, -0.15) is 0 Å². The topological polar surface area (TPSA) is 72.9 Å². The lowest BCUT2D eigenvalue weighted by Crippen LogP contribution is -2.67. The van der Waals surface area contributed by atoms with Gasteiger partial charge >= 0.3 is 0 Å². The molecule has 158 valence electrons. The summed E-state index contributed by atoms with van der Waals surface area (Å²) < 4.78 is 0. The van der Waals surface area contributed by atoms with E-state index in [1.54, 1.807) is 0 Å². The zero-order valence-electron chi connectivity index (χ0n) is 17.3. The molecule has 4 rings (SSSR count). The molecule has 6 heteroatoms. The molecule has 2 N–H and O–H groups in total. The summed E-state index contributed by atoms with van der Waals surface area (Å²) in [6, 6.07) is 8.32. The first kappa shape index (κ1) is 20.4. The number of hydrogen-bond acceptors (Lipinski definition) is 4. The van der Waals surface area contributed by atoms with Crippen LogP contribution in [0.1, 0.15) is 36.8 Å². The van der Waals surface area contributed by atoms with Crippen molar-refractivity contribution < 1.29 is 14.7 Å². The second kappa shape index (κ2) is 8.84. The van der Waals surface area contributed by atoms with Crippen molar-refractivity contribution in [2.45, 2.75) is 51.1 Å². The highest BCUT2D eigenvalue weighted by atomic mass is 16.3. The van der Waals surface area contributed by atoms with Gasteiger partial charge in [-0.15, -0.1) is 0 Å². The minimum atomic E-state index is 0.0189. The van der Waals surface area contributed by atoms with Crippen molar-refractivity contribution >= 4 is 11.8 Å². The Morgan fingerprint density at radius 3 is 2.83 bits per heavy atom. The number of benzene rings is 1. The normalized spacial score (nSPS) is 29.4. The molecule has 0 aliphatic carbocycles. The van der Waals surface area contributed by atoms with Crippen molar-refractivity contribution in [2.75, 3.05) is 32.8 Å². The van der Waals surface area contributed by atoms with Gasteiger partial charge in [0.15, 0.2) is 0 Å². The highest BCUT2D eigenvalue weighted by molar-refractivity contribution is 5.80. The lowest BCUT2D eigenvalue weighted by atomic mass is 9.72. The highest BCUT2D eigenvalue weighted by Crippen LogP contribution is 2.41. The van der Waals surface area contributed by atoms with Crippen LogP contribution in [0.5, 0.6) is 0 Å². The van der Waals surface area contributed by atoms with Gasteiger partial charge in [0.1, 0.15) is 0 Å². The Bertz CT molecular complexity index is 751. The smallest absolute Gasteiger partial charge is 0.224 e. The molecule has 3 aliphatic heterocycles. The van der Waals surface area contributed by atoms with Crippen LogP contribution in [0.2, 0.25) is 0 Å². The number of nitrogens with zero attached hydrogens (tertiary/aromatic N) is 2. The number of amides is 2. The first-order valence-corrected chi connectivity index (χ1v) is 11.0. The number of likely N-dealkylation sites (tertiary alicyclic amines) is 1. The minimum absolute atomic E-state index is 0.0189. The molecule has 0 aromatic heterocycles. The van der Waals surface area contributed by atoms with Crippen LogP contribution in [-0.2, 0) is 16.0 Å². The number of hydrogen-bond donors (Lipinski definition) is 2. The number of β-amino-alcohol motifs (C(OH)–C–C–N with tert-alkyl or cyclic N) is 1. The number of carbonyl (C=O) groups excluding carboxylic acids is 2. The fraction of sp³-hybridized carbons (Fsp3) is 0.652. The van der Waals surface area contributed by atoms with E-state index < -0.39 is 0 Å². The van der Waals surface area contributed by atoms with Gasteiger partial charge in [-0.05, 0) is 49.1 Å². The van der Waals surface area contributed by atoms with Crippen LogP contribution < -0.4 is 5.32 Å². The number of nitrogens with one attached hydrogen (secondary N) is 1. The zero-order valence-corrected chi connectivity index (χ0v) is 17.3. The van der Waals surface area contributed by atoms with Crippen molar-refractivity contribution in [3.8, 4) is 0 Å². The average molecular weight is 400 g/mol. The van der Waals surface area contributed by atoms with E-state index in [-0.39, 0.29) is 30.5 Å². The minimum Gasteiger partial charge on any atom is -0.395 e. The number of rotatable bonds is 6. The summed E-state index contributed by atoms with van der Waals surface area (Å²) in [5, 5.41) is 12.5. The number of aryl methyl sites for hydroxylation is 1. The lowest BCUT2D eigenvalue weighted by molar-refractivity contribution is -0.153. The number of aliphatic hydroxyl groups excluding tert-OH is 1. The Hall–Kier alpha value is -1.92. The molecule has 0 spiro atoms. The highest BCUT2D eigenvalue weighted by Gasteiger charge is 2.49. The number of aliphatic hydroxyl groups is 1. The summed E-state index contributed by atoms with van der Waals surface area (Å²) >= 11 is 0. The summed E-state index contributed by atoms with van der Waals surface area (Å²) in [5.74, 6) is 1.12. The van der Waals surface area contributed by atoms with Crippen LogP contribution in [0.15, 0.2) is 24.3 Å². The molecule has 3 aliphatic rings. The van der Waals surface area contributed by atoms with Crippen molar-refractivity contribution in [1.29, 1.82) is 0 Å². The molecule has 29 heavy (non-hydrogen) atoms. The largest absolute Gasteiger partial charge is 0.395 e. The fourth-order valence-corrected chi connectivity index (χ4v) is 5.72. The average Bonchev–Trinajstić information content (AvgIpc) is 2.70. The van der Waals surface area contributed by atoms with Gasteiger partial charge in [-0.3, -0.25) is 9.59 Å². The Balaban J connectivity index is 1.45. The van der Waals surface area contributed by atoms with Crippen molar-refractivity contribution in [2.24, 2.45) is 11.8 Å².